The molecule has 2 aromatic rings. The van der Waals surface area contributed by atoms with Crippen LogP contribution in [0.25, 0.3) is 10.9 Å². The number of fused-ring (bicyclic) bond motifs is 3. The van der Waals surface area contributed by atoms with Gasteiger partial charge < -0.3 is 14.8 Å². The first-order chi connectivity index (χ1) is 8.20. The molecule has 1 aromatic carbocycles. The third-order valence-electron chi connectivity index (χ3n) is 3.54. The van der Waals surface area contributed by atoms with Crippen LogP contribution in [0.4, 0.5) is 0 Å². The van der Waals surface area contributed by atoms with Crippen LogP contribution in [-0.4, -0.2) is 35.7 Å². The zero-order valence-electron chi connectivity index (χ0n) is 10.0. The quantitative estimate of drug-likeness (QED) is 0.786. The van der Waals surface area contributed by atoms with Crippen LogP contribution in [0.3, 0.4) is 0 Å². The van der Waals surface area contributed by atoms with Gasteiger partial charge in [0.2, 0.25) is 0 Å². The summed E-state index contributed by atoms with van der Waals surface area (Å²) in [5.74, 6) is 0.854. The van der Waals surface area contributed by atoms with Gasteiger partial charge in [-0.25, -0.2) is 0 Å². The highest BCUT2D eigenvalue weighted by molar-refractivity contribution is 5.86. The normalized spacial score (nSPS) is 20.5. The van der Waals surface area contributed by atoms with Crippen molar-refractivity contribution in [2.45, 2.75) is 12.6 Å². The van der Waals surface area contributed by atoms with Crippen LogP contribution < -0.4 is 4.74 Å². The Hall–Kier alpha value is -1.52. The Bertz CT molecular complexity index is 562. The molecule has 0 radical (unpaired) electrons. The van der Waals surface area contributed by atoms with E-state index in [2.05, 4.69) is 4.98 Å². The van der Waals surface area contributed by atoms with Gasteiger partial charge in [-0.3, -0.25) is 4.90 Å². The molecule has 1 aromatic heterocycles. The van der Waals surface area contributed by atoms with Crippen molar-refractivity contribution < 1.29 is 9.84 Å². The van der Waals surface area contributed by atoms with E-state index in [0.717, 1.165) is 35.3 Å². The molecule has 17 heavy (non-hydrogen) atoms. The Morgan fingerprint density at radius 2 is 2.29 bits per heavy atom. The predicted molar refractivity (Wildman–Crippen MR) is 66.1 cm³/mol. The number of aliphatic hydroxyl groups excluding tert-OH is 1. The van der Waals surface area contributed by atoms with Crippen molar-refractivity contribution in [1.29, 1.82) is 0 Å². The Labute approximate surface area is 99.8 Å². The molecule has 4 nitrogen and oxygen atoms in total. The molecule has 1 aliphatic heterocycles. The average Bonchev–Trinajstić information content (AvgIpc) is 2.72. The van der Waals surface area contributed by atoms with Crippen LogP contribution in [0.2, 0.25) is 0 Å². The van der Waals surface area contributed by atoms with Gasteiger partial charge in [0, 0.05) is 17.4 Å². The number of aromatic nitrogens is 1. The van der Waals surface area contributed by atoms with E-state index >= 15 is 0 Å². The third-order valence-corrected chi connectivity index (χ3v) is 3.54. The molecule has 0 saturated carbocycles. The molecule has 1 unspecified atom stereocenters. The molecule has 2 N–H and O–H groups in total. The second-order valence-electron chi connectivity index (χ2n) is 4.53. The van der Waals surface area contributed by atoms with Crippen LogP contribution in [0.15, 0.2) is 18.2 Å². The molecule has 1 atom stereocenters. The van der Waals surface area contributed by atoms with Crippen LogP contribution >= 0.6 is 0 Å². The van der Waals surface area contributed by atoms with E-state index in [-0.39, 0.29) is 0 Å². The van der Waals surface area contributed by atoms with E-state index in [1.54, 1.807) is 7.11 Å². The van der Waals surface area contributed by atoms with Gasteiger partial charge in [0.1, 0.15) is 12.0 Å². The van der Waals surface area contributed by atoms with Crippen molar-refractivity contribution in [2.24, 2.45) is 0 Å². The second-order valence-corrected chi connectivity index (χ2v) is 4.53. The van der Waals surface area contributed by atoms with Gasteiger partial charge in [-0.15, -0.1) is 0 Å². The van der Waals surface area contributed by atoms with Crippen molar-refractivity contribution in [1.82, 2.24) is 9.88 Å². The lowest BCUT2D eigenvalue weighted by molar-refractivity contribution is 0.0100. The summed E-state index contributed by atoms with van der Waals surface area (Å²) in [6, 6.07) is 5.96. The van der Waals surface area contributed by atoms with Crippen molar-refractivity contribution in [3.63, 3.8) is 0 Å². The Morgan fingerprint density at radius 1 is 1.47 bits per heavy atom. The fraction of sp³-hybridized carbons (Fsp3) is 0.385. The molecule has 3 rings (SSSR count). The van der Waals surface area contributed by atoms with Gasteiger partial charge in [0.25, 0.3) is 0 Å². The number of likely N-dealkylation sites (N-methyl/N-ethyl adjacent to an activating group) is 1. The van der Waals surface area contributed by atoms with Crippen LogP contribution in [0, 0.1) is 0 Å². The molecule has 0 aliphatic carbocycles. The predicted octanol–water partition coefficient (Wildman–Crippen LogP) is 1.66. The number of ether oxygens (including phenoxy) is 1. The van der Waals surface area contributed by atoms with Crippen molar-refractivity contribution in [2.75, 3.05) is 20.7 Å². The van der Waals surface area contributed by atoms with E-state index in [1.807, 2.05) is 30.1 Å². The number of aromatic amines is 1. The minimum absolute atomic E-state index is 0.530. The number of hydrogen-bond acceptors (Lipinski definition) is 3. The molecule has 2 heterocycles. The largest absolute Gasteiger partial charge is 0.497 e. The summed E-state index contributed by atoms with van der Waals surface area (Å²) < 4.78 is 5.24. The number of hydrogen-bond donors (Lipinski definition) is 2. The summed E-state index contributed by atoms with van der Waals surface area (Å²) in [7, 11) is 3.60. The molecule has 0 bridgehead atoms. The van der Waals surface area contributed by atoms with Crippen molar-refractivity contribution >= 4 is 10.9 Å². The lowest BCUT2D eigenvalue weighted by Gasteiger charge is -2.28. The molecular formula is C13H16N2O2. The topological polar surface area (TPSA) is 48.5 Å². The van der Waals surface area contributed by atoms with Crippen molar-refractivity contribution in [3.05, 3.63) is 29.5 Å². The maximum Gasteiger partial charge on any atom is 0.148 e. The molecule has 4 heteroatoms. The summed E-state index contributed by atoms with van der Waals surface area (Å²) in [6.07, 6.45) is 0.424. The smallest absolute Gasteiger partial charge is 0.148 e. The summed E-state index contributed by atoms with van der Waals surface area (Å²) in [5.41, 5.74) is 3.19. The first-order valence-electron chi connectivity index (χ1n) is 5.77. The maximum atomic E-state index is 10.1. The zero-order valence-corrected chi connectivity index (χ0v) is 10.0. The van der Waals surface area contributed by atoms with Gasteiger partial charge in [-0.05, 0) is 37.2 Å². The van der Waals surface area contributed by atoms with Gasteiger partial charge in [0.05, 0.1) is 12.8 Å². The van der Waals surface area contributed by atoms with E-state index in [1.165, 1.54) is 5.56 Å². The van der Waals surface area contributed by atoms with E-state index in [0.29, 0.717) is 0 Å². The second kappa shape index (κ2) is 3.75. The molecule has 0 saturated heterocycles. The number of aliphatic hydroxyl groups is 1. The maximum absolute atomic E-state index is 10.1. The molecule has 0 spiro atoms. The lowest BCUT2D eigenvalue weighted by atomic mass is 10.0. The highest BCUT2D eigenvalue weighted by atomic mass is 16.5. The lowest BCUT2D eigenvalue weighted by Crippen LogP contribution is -2.31. The van der Waals surface area contributed by atoms with E-state index in [9.17, 15) is 5.11 Å². The number of methoxy groups -OCH3 is 1. The summed E-state index contributed by atoms with van der Waals surface area (Å²) in [5, 5.41) is 11.3. The average molecular weight is 232 g/mol. The summed E-state index contributed by atoms with van der Waals surface area (Å²) in [4.78, 5) is 5.24. The minimum atomic E-state index is -0.530. The molecule has 0 fully saturated rings. The SMILES string of the molecule is COc1ccc2[nH]c3c(c2c1)CCN(C)C3O. The first-order valence-corrected chi connectivity index (χ1v) is 5.77. The van der Waals surface area contributed by atoms with E-state index < -0.39 is 6.23 Å². The van der Waals surface area contributed by atoms with Crippen LogP contribution in [-0.2, 0) is 6.42 Å². The third kappa shape index (κ3) is 1.52. The number of benzene rings is 1. The number of nitrogens with one attached hydrogen (secondary N) is 1. The minimum Gasteiger partial charge on any atom is -0.497 e. The van der Waals surface area contributed by atoms with Gasteiger partial charge in [-0.2, -0.15) is 0 Å². The van der Waals surface area contributed by atoms with Crippen LogP contribution in [0.5, 0.6) is 5.75 Å². The monoisotopic (exact) mass is 232 g/mol. The summed E-state index contributed by atoms with van der Waals surface area (Å²) >= 11 is 0. The standard InChI is InChI=1S/C13H16N2O2/c1-15-6-5-9-10-7-8(17-2)3-4-11(10)14-12(9)13(15)16/h3-4,7,13-14,16H,5-6H2,1-2H3. The van der Waals surface area contributed by atoms with Crippen LogP contribution in [0.1, 0.15) is 17.5 Å². The fourth-order valence-electron chi connectivity index (χ4n) is 2.50. The number of rotatable bonds is 1. The zero-order chi connectivity index (χ0) is 12.0. The Kier molecular flexibility index (Phi) is 2.34. The molecule has 1 aliphatic rings. The molecule has 90 valence electrons. The van der Waals surface area contributed by atoms with Gasteiger partial charge >= 0.3 is 0 Å². The number of H-pyrrole nitrogens is 1. The highest BCUT2D eigenvalue weighted by Gasteiger charge is 2.26. The Balaban J connectivity index is 2.21. The number of nitrogens with zero attached hydrogens (tertiary/aromatic N) is 1. The molecular weight excluding hydrogens is 216 g/mol. The van der Waals surface area contributed by atoms with Gasteiger partial charge in [-0.1, -0.05) is 0 Å². The summed E-state index contributed by atoms with van der Waals surface area (Å²) in [6.45, 7) is 0.873. The fourth-order valence-corrected chi connectivity index (χ4v) is 2.50. The first kappa shape index (κ1) is 10.6. The molecule has 0 amide bonds. The van der Waals surface area contributed by atoms with Gasteiger partial charge in [0.15, 0.2) is 0 Å². The van der Waals surface area contributed by atoms with E-state index in [4.69, 9.17) is 4.74 Å². The highest BCUT2D eigenvalue weighted by Crippen LogP contribution is 2.33. The van der Waals surface area contributed by atoms with Crippen molar-refractivity contribution in [3.8, 4) is 5.75 Å². The Morgan fingerprint density at radius 3 is 3.06 bits per heavy atom.